The molecule has 9 nitrogen and oxygen atoms in total. The second-order valence-electron chi connectivity index (χ2n) is 6.94. The van der Waals surface area contributed by atoms with Gasteiger partial charge in [-0.3, -0.25) is 0 Å². The van der Waals surface area contributed by atoms with Gasteiger partial charge in [0.25, 0.3) is 10.0 Å². The fourth-order valence-corrected chi connectivity index (χ4v) is 5.21. The Morgan fingerprint density at radius 1 is 1.03 bits per heavy atom. The van der Waals surface area contributed by atoms with Crippen LogP contribution < -0.4 is 10.0 Å². The molecule has 0 saturated heterocycles. The molecule has 1 aliphatic heterocycles. The summed E-state index contributed by atoms with van der Waals surface area (Å²) in [4.78, 5) is 17.2. The van der Waals surface area contributed by atoms with Gasteiger partial charge in [0.1, 0.15) is 28.4 Å². The number of aromatic nitrogens is 4. The number of benzene rings is 2. The fraction of sp³-hybridized carbons (Fsp3) is 0.100. The SMILES string of the molecule is CC(C1=Nc2ccccc2S(=O)(=O)N1c1ccc(F)cc1)n1cnc2c(N)ncnc21. The van der Waals surface area contributed by atoms with Gasteiger partial charge in [0.2, 0.25) is 0 Å². The minimum atomic E-state index is -4.01. The van der Waals surface area contributed by atoms with Crippen molar-refractivity contribution in [2.45, 2.75) is 17.9 Å². The number of amidine groups is 1. The summed E-state index contributed by atoms with van der Waals surface area (Å²) in [6.07, 6.45) is 2.83. The molecule has 1 unspecified atom stereocenters. The van der Waals surface area contributed by atoms with Gasteiger partial charge in [0.05, 0.1) is 23.7 Å². The van der Waals surface area contributed by atoms with Crippen molar-refractivity contribution in [1.82, 2.24) is 19.5 Å². The number of anilines is 2. The molecule has 31 heavy (non-hydrogen) atoms. The lowest BCUT2D eigenvalue weighted by molar-refractivity contribution is 0.593. The molecule has 0 aliphatic carbocycles. The van der Waals surface area contributed by atoms with Crippen molar-refractivity contribution in [3.63, 3.8) is 0 Å². The van der Waals surface area contributed by atoms with E-state index in [2.05, 4.69) is 19.9 Å². The number of aliphatic imine (C=N–C) groups is 1. The zero-order chi connectivity index (χ0) is 21.8. The van der Waals surface area contributed by atoms with E-state index >= 15 is 0 Å². The maximum Gasteiger partial charge on any atom is 0.271 e. The van der Waals surface area contributed by atoms with Gasteiger partial charge >= 0.3 is 0 Å². The number of fused-ring (bicyclic) bond motifs is 2. The van der Waals surface area contributed by atoms with Crippen LogP contribution in [0.15, 0.2) is 71.1 Å². The number of hydrogen-bond acceptors (Lipinski definition) is 7. The van der Waals surface area contributed by atoms with E-state index in [0.717, 1.165) is 4.31 Å². The minimum Gasteiger partial charge on any atom is -0.382 e. The first kappa shape index (κ1) is 19.1. The molecule has 5 rings (SSSR count). The van der Waals surface area contributed by atoms with Crippen LogP contribution in [0.4, 0.5) is 21.6 Å². The van der Waals surface area contributed by atoms with Crippen LogP contribution in [0.3, 0.4) is 0 Å². The summed E-state index contributed by atoms with van der Waals surface area (Å²) in [5.41, 5.74) is 7.32. The van der Waals surface area contributed by atoms with Crippen LogP contribution in [-0.2, 0) is 10.0 Å². The fourth-order valence-electron chi connectivity index (χ4n) is 3.55. The third-order valence-corrected chi connectivity index (χ3v) is 6.85. The van der Waals surface area contributed by atoms with E-state index in [1.807, 2.05) is 0 Å². The van der Waals surface area contributed by atoms with E-state index in [1.54, 1.807) is 29.7 Å². The first-order valence-corrected chi connectivity index (χ1v) is 10.7. The maximum atomic E-state index is 13.6. The first-order valence-electron chi connectivity index (χ1n) is 9.29. The van der Waals surface area contributed by atoms with Gasteiger partial charge in [-0.1, -0.05) is 12.1 Å². The number of sulfonamides is 1. The molecule has 0 fully saturated rings. The van der Waals surface area contributed by atoms with Gasteiger partial charge in [-0.25, -0.2) is 37.1 Å². The predicted octanol–water partition coefficient (Wildman–Crippen LogP) is 3.05. The molecule has 0 bridgehead atoms. The molecule has 0 amide bonds. The lowest BCUT2D eigenvalue weighted by atomic mass is 10.2. The van der Waals surface area contributed by atoms with Crippen molar-refractivity contribution in [3.05, 3.63) is 67.0 Å². The Balaban J connectivity index is 1.74. The second kappa shape index (κ2) is 6.84. The minimum absolute atomic E-state index is 0.0670. The van der Waals surface area contributed by atoms with Gasteiger partial charge in [-0.2, -0.15) is 0 Å². The Kier molecular flexibility index (Phi) is 4.22. The summed E-state index contributed by atoms with van der Waals surface area (Å²) >= 11 is 0. The van der Waals surface area contributed by atoms with Crippen LogP contribution in [0, 0.1) is 5.82 Å². The number of nitrogens with zero attached hydrogens (tertiary/aromatic N) is 6. The molecule has 2 aromatic carbocycles. The Morgan fingerprint density at radius 2 is 1.77 bits per heavy atom. The van der Waals surface area contributed by atoms with E-state index in [1.165, 1.54) is 43.0 Å². The molecule has 1 aliphatic rings. The highest BCUT2D eigenvalue weighted by molar-refractivity contribution is 7.93. The molecular formula is C20H16FN7O2S. The normalized spacial score (nSPS) is 16.1. The monoisotopic (exact) mass is 437 g/mol. The molecule has 2 aromatic heterocycles. The summed E-state index contributed by atoms with van der Waals surface area (Å²) < 4.78 is 43.5. The molecule has 156 valence electrons. The van der Waals surface area contributed by atoms with E-state index in [-0.39, 0.29) is 22.2 Å². The lowest BCUT2D eigenvalue weighted by Crippen LogP contribution is -2.43. The third-order valence-electron chi connectivity index (χ3n) is 5.07. The number of imidazole rings is 1. The number of hydrogen-bond donors (Lipinski definition) is 1. The summed E-state index contributed by atoms with van der Waals surface area (Å²) in [6, 6.07) is 11.1. The Morgan fingerprint density at radius 3 is 2.55 bits per heavy atom. The van der Waals surface area contributed by atoms with Crippen molar-refractivity contribution in [1.29, 1.82) is 0 Å². The van der Waals surface area contributed by atoms with Crippen LogP contribution in [-0.4, -0.2) is 33.8 Å². The average Bonchev–Trinajstić information content (AvgIpc) is 3.19. The average molecular weight is 437 g/mol. The highest BCUT2D eigenvalue weighted by Gasteiger charge is 2.38. The maximum absolute atomic E-state index is 13.6. The number of rotatable bonds is 3. The molecule has 4 aromatic rings. The zero-order valence-corrected chi connectivity index (χ0v) is 17.0. The van der Waals surface area contributed by atoms with Gasteiger partial charge in [-0.05, 0) is 43.3 Å². The highest BCUT2D eigenvalue weighted by Crippen LogP contribution is 2.38. The molecule has 1 atom stereocenters. The van der Waals surface area contributed by atoms with Crippen molar-refractivity contribution < 1.29 is 12.8 Å². The topological polar surface area (TPSA) is 119 Å². The van der Waals surface area contributed by atoms with E-state index in [0.29, 0.717) is 16.9 Å². The zero-order valence-electron chi connectivity index (χ0n) is 16.2. The third kappa shape index (κ3) is 2.93. The molecule has 2 N–H and O–H groups in total. The molecular weight excluding hydrogens is 421 g/mol. The van der Waals surface area contributed by atoms with E-state index in [9.17, 15) is 12.8 Å². The Bertz CT molecular complexity index is 1450. The van der Waals surface area contributed by atoms with Crippen molar-refractivity contribution in [2.75, 3.05) is 10.0 Å². The van der Waals surface area contributed by atoms with Crippen LogP contribution in [0.1, 0.15) is 13.0 Å². The van der Waals surface area contributed by atoms with Crippen molar-refractivity contribution >= 4 is 44.2 Å². The van der Waals surface area contributed by atoms with Crippen LogP contribution in [0.2, 0.25) is 0 Å². The number of nitrogen functional groups attached to an aromatic ring is 1. The van der Waals surface area contributed by atoms with Gasteiger partial charge < -0.3 is 10.3 Å². The standard InChI is InChI=1S/C20H16FN7O2S/c1-12(27-11-25-17-18(22)23-10-24-20(17)27)19-26-15-4-2-3-5-16(15)31(29,30)28(19)14-8-6-13(21)7-9-14/h2-12H,1H3,(H2,22,23,24). The van der Waals surface area contributed by atoms with E-state index < -0.39 is 21.9 Å². The molecule has 0 radical (unpaired) electrons. The highest BCUT2D eigenvalue weighted by atomic mass is 32.2. The summed E-state index contributed by atoms with van der Waals surface area (Å²) in [5, 5.41) is 0. The van der Waals surface area contributed by atoms with Crippen molar-refractivity contribution in [2.24, 2.45) is 4.99 Å². The molecule has 3 heterocycles. The van der Waals surface area contributed by atoms with E-state index in [4.69, 9.17) is 5.73 Å². The van der Waals surface area contributed by atoms with Crippen molar-refractivity contribution in [3.8, 4) is 0 Å². The second-order valence-corrected chi connectivity index (χ2v) is 8.70. The van der Waals surface area contributed by atoms with Crippen LogP contribution in [0.25, 0.3) is 11.2 Å². The number of para-hydroxylation sites is 1. The summed E-state index contributed by atoms with van der Waals surface area (Å²) in [5.74, 6) is -0.0467. The summed E-state index contributed by atoms with van der Waals surface area (Å²) in [7, 11) is -4.01. The Hall–Kier alpha value is -3.86. The first-order chi connectivity index (χ1) is 14.9. The van der Waals surface area contributed by atoms with Crippen LogP contribution >= 0.6 is 0 Å². The number of halogens is 1. The summed E-state index contributed by atoms with van der Waals surface area (Å²) in [6.45, 7) is 1.78. The smallest absolute Gasteiger partial charge is 0.271 e. The molecule has 0 spiro atoms. The lowest BCUT2D eigenvalue weighted by Gasteiger charge is -2.33. The predicted molar refractivity (Wildman–Crippen MR) is 114 cm³/mol. The number of nitrogens with two attached hydrogens (primary N) is 1. The molecule has 0 saturated carbocycles. The Labute approximate surface area is 176 Å². The molecule has 11 heteroatoms. The quantitative estimate of drug-likeness (QED) is 0.526. The van der Waals surface area contributed by atoms with Gasteiger partial charge in [0, 0.05) is 0 Å². The van der Waals surface area contributed by atoms with Crippen LogP contribution in [0.5, 0.6) is 0 Å². The largest absolute Gasteiger partial charge is 0.382 e. The van der Waals surface area contributed by atoms with Gasteiger partial charge in [0.15, 0.2) is 11.5 Å². The van der Waals surface area contributed by atoms with Gasteiger partial charge in [-0.15, -0.1) is 0 Å².